The van der Waals surface area contributed by atoms with E-state index in [-0.39, 0.29) is 4.90 Å². The Labute approximate surface area is 90.7 Å². The molecule has 0 aromatic heterocycles. The maximum absolute atomic E-state index is 11.0. The van der Waals surface area contributed by atoms with Gasteiger partial charge >= 0.3 is 0 Å². The van der Waals surface area contributed by atoms with Gasteiger partial charge in [0.1, 0.15) is 0 Å². The molecule has 72 valence electrons. The van der Waals surface area contributed by atoms with E-state index in [9.17, 15) is 8.42 Å². The monoisotopic (exact) mass is 256 g/mol. The summed E-state index contributed by atoms with van der Waals surface area (Å²) in [4.78, 5) is 0.803. The lowest BCUT2D eigenvalue weighted by Gasteiger charge is -2.00. The number of hydrogen-bond donors (Lipinski definition) is 0. The largest absolute Gasteiger partial charge is 0.261 e. The first-order chi connectivity index (χ1) is 5.93. The van der Waals surface area contributed by atoms with E-state index in [0.717, 1.165) is 4.90 Å². The average molecular weight is 257 g/mol. The van der Waals surface area contributed by atoms with E-state index in [2.05, 4.69) is 0 Å². The second-order valence-corrected chi connectivity index (χ2v) is 6.15. The van der Waals surface area contributed by atoms with Crippen LogP contribution in [0.15, 0.2) is 28.0 Å². The molecular weight excluding hydrogens is 251 g/mol. The summed E-state index contributed by atoms with van der Waals surface area (Å²) in [5, 5.41) is 0.367. The molecule has 0 aliphatic rings. The lowest BCUT2D eigenvalue weighted by atomic mass is 10.4. The summed E-state index contributed by atoms with van der Waals surface area (Å²) < 4.78 is 21.9. The Kier molecular flexibility index (Phi) is 3.51. The van der Waals surface area contributed by atoms with Crippen LogP contribution in [0.5, 0.6) is 0 Å². The average Bonchev–Trinajstić information content (AvgIpc) is 2.01. The Hall–Kier alpha value is 0.1000. The minimum atomic E-state index is -3.68. The zero-order valence-electron chi connectivity index (χ0n) is 6.62. The Morgan fingerprint density at radius 3 is 2.38 bits per heavy atom. The van der Waals surface area contributed by atoms with Crippen LogP contribution >= 0.6 is 34.0 Å². The molecule has 2 nitrogen and oxygen atoms in total. The van der Waals surface area contributed by atoms with Crippen LogP contribution in [0, 0.1) is 0 Å². The van der Waals surface area contributed by atoms with Gasteiger partial charge < -0.3 is 0 Å². The number of hydrogen-bond acceptors (Lipinski definition) is 3. The smallest absolute Gasteiger partial charge is 0.207 e. The Balaban J connectivity index is 3.33. The standard InChI is InChI=1S/C7H6Cl2O2S2/c1-12-6-2-5(8)3-7(4-6)13(9,10)11/h2-4H,1H3. The minimum Gasteiger partial charge on any atom is -0.207 e. The third-order valence-corrected chi connectivity index (χ3v) is 3.62. The molecule has 0 amide bonds. The number of halogens is 2. The van der Waals surface area contributed by atoms with Gasteiger partial charge in [0.2, 0.25) is 0 Å². The first kappa shape index (κ1) is 11.2. The highest BCUT2D eigenvalue weighted by Gasteiger charge is 2.11. The molecule has 0 atom stereocenters. The van der Waals surface area contributed by atoms with Crippen molar-refractivity contribution in [3.8, 4) is 0 Å². The maximum Gasteiger partial charge on any atom is 0.261 e. The van der Waals surface area contributed by atoms with Gasteiger partial charge in [-0.3, -0.25) is 0 Å². The van der Waals surface area contributed by atoms with E-state index in [0.29, 0.717) is 5.02 Å². The highest BCUT2D eigenvalue weighted by molar-refractivity contribution is 8.13. The molecule has 0 heterocycles. The van der Waals surface area contributed by atoms with Crippen molar-refractivity contribution < 1.29 is 8.42 Å². The summed E-state index contributed by atoms with van der Waals surface area (Å²) in [6.45, 7) is 0. The lowest BCUT2D eigenvalue weighted by Crippen LogP contribution is -1.90. The van der Waals surface area contributed by atoms with Gasteiger partial charge in [-0.1, -0.05) is 11.6 Å². The quantitative estimate of drug-likeness (QED) is 0.603. The van der Waals surface area contributed by atoms with Gasteiger partial charge in [-0.2, -0.15) is 0 Å². The van der Waals surface area contributed by atoms with Gasteiger partial charge in [0.05, 0.1) is 4.90 Å². The molecule has 0 aliphatic heterocycles. The van der Waals surface area contributed by atoms with Gasteiger partial charge in [0.25, 0.3) is 9.05 Å². The van der Waals surface area contributed by atoms with E-state index in [4.69, 9.17) is 22.3 Å². The van der Waals surface area contributed by atoms with Gasteiger partial charge in [0, 0.05) is 20.6 Å². The van der Waals surface area contributed by atoms with E-state index < -0.39 is 9.05 Å². The van der Waals surface area contributed by atoms with Crippen LogP contribution in [0.25, 0.3) is 0 Å². The van der Waals surface area contributed by atoms with Crippen LogP contribution < -0.4 is 0 Å². The fraction of sp³-hybridized carbons (Fsp3) is 0.143. The third kappa shape index (κ3) is 3.06. The van der Waals surface area contributed by atoms with Crippen molar-refractivity contribution in [1.29, 1.82) is 0 Å². The first-order valence-corrected chi connectivity index (χ1v) is 7.14. The Morgan fingerprint density at radius 2 is 1.92 bits per heavy atom. The number of rotatable bonds is 2. The van der Waals surface area contributed by atoms with Crippen LogP contribution in [0.3, 0.4) is 0 Å². The molecular formula is C7H6Cl2O2S2. The molecule has 0 N–H and O–H groups in total. The molecule has 1 aromatic rings. The minimum absolute atomic E-state index is 0.0333. The van der Waals surface area contributed by atoms with Gasteiger partial charge in [-0.25, -0.2) is 8.42 Å². The van der Waals surface area contributed by atoms with Crippen molar-refractivity contribution >= 4 is 43.1 Å². The molecule has 1 aromatic carbocycles. The summed E-state index contributed by atoms with van der Waals surface area (Å²) in [6, 6.07) is 4.49. The third-order valence-electron chi connectivity index (χ3n) is 1.36. The predicted molar refractivity (Wildman–Crippen MR) is 56.3 cm³/mol. The zero-order chi connectivity index (χ0) is 10.1. The van der Waals surface area contributed by atoms with Crippen molar-refractivity contribution in [2.45, 2.75) is 9.79 Å². The molecule has 6 heteroatoms. The summed E-state index contributed by atoms with van der Waals surface area (Å²) in [6.07, 6.45) is 1.83. The van der Waals surface area contributed by atoms with E-state index in [1.165, 1.54) is 23.9 Å². The lowest BCUT2D eigenvalue weighted by molar-refractivity contribution is 0.609. The fourth-order valence-electron chi connectivity index (χ4n) is 0.796. The first-order valence-electron chi connectivity index (χ1n) is 3.23. The summed E-state index contributed by atoms with van der Waals surface area (Å²) >= 11 is 7.10. The highest BCUT2D eigenvalue weighted by atomic mass is 35.7. The van der Waals surface area contributed by atoms with Gasteiger partial charge in [-0.05, 0) is 24.5 Å². The zero-order valence-corrected chi connectivity index (χ0v) is 9.77. The van der Waals surface area contributed by atoms with Crippen molar-refractivity contribution in [3.63, 3.8) is 0 Å². The predicted octanol–water partition coefficient (Wildman–Crippen LogP) is 2.99. The number of benzene rings is 1. The van der Waals surface area contributed by atoms with Crippen LogP contribution in [-0.4, -0.2) is 14.7 Å². The highest BCUT2D eigenvalue weighted by Crippen LogP contribution is 2.26. The Morgan fingerprint density at radius 1 is 1.31 bits per heavy atom. The second-order valence-electron chi connectivity index (χ2n) is 2.26. The van der Waals surface area contributed by atoms with Gasteiger partial charge in [0.15, 0.2) is 0 Å². The van der Waals surface area contributed by atoms with E-state index in [1.54, 1.807) is 6.07 Å². The summed E-state index contributed by atoms with van der Waals surface area (Å²) in [5.74, 6) is 0. The SMILES string of the molecule is CSc1cc(Cl)cc(S(=O)(=O)Cl)c1. The normalized spacial score (nSPS) is 11.6. The van der Waals surface area contributed by atoms with Gasteiger partial charge in [-0.15, -0.1) is 11.8 Å². The molecule has 0 saturated heterocycles. The molecule has 0 unspecified atom stereocenters. The van der Waals surface area contributed by atoms with Crippen LogP contribution in [0.4, 0.5) is 0 Å². The van der Waals surface area contributed by atoms with Crippen LogP contribution in [0.1, 0.15) is 0 Å². The maximum atomic E-state index is 11.0. The molecule has 1 rings (SSSR count). The summed E-state index contributed by atoms with van der Waals surface area (Å²) in [7, 11) is 1.48. The van der Waals surface area contributed by atoms with Crippen molar-refractivity contribution in [2.75, 3.05) is 6.26 Å². The molecule has 0 spiro atoms. The number of thioether (sulfide) groups is 1. The molecule has 0 fully saturated rings. The molecule has 0 aliphatic carbocycles. The Bertz CT molecular complexity index is 415. The van der Waals surface area contributed by atoms with Crippen molar-refractivity contribution in [1.82, 2.24) is 0 Å². The topological polar surface area (TPSA) is 34.1 Å². The van der Waals surface area contributed by atoms with Crippen LogP contribution in [0.2, 0.25) is 5.02 Å². The fourth-order valence-corrected chi connectivity index (χ4v) is 2.53. The van der Waals surface area contributed by atoms with Crippen LogP contribution in [-0.2, 0) is 9.05 Å². The molecule has 13 heavy (non-hydrogen) atoms. The second kappa shape index (κ2) is 4.09. The molecule has 0 saturated carbocycles. The van der Waals surface area contributed by atoms with E-state index >= 15 is 0 Å². The molecule has 0 bridgehead atoms. The van der Waals surface area contributed by atoms with Crippen molar-refractivity contribution in [3.05, 3.63) is 23.2 Å². The van der Waals surface area contributed by atoms with E-state index in [1.807, 2.05) is 6.26 Å². The summed E-state index contributed by atoms with van der Waals surface area (Å²) in [5.41, 5.74) is 0. The van der Waals surface area contributed by atoms with Crippen molar-refractivity contribution in [2.24, 2.45) is 0 Å². The molecule has 0 radical (unpaired) electrons.